The normalized spacial score (nSPS) is 10.3. The molecule has 0 aliphatic rings. The first kappa shape index (κ1) is 13.4. The average Bonchev–Trinajstić information content (AvgIpc) is 2.34. The maximum Gasteiger partial charge on any atom is 0.339 e. The minimum absolute atomic E-state index is 0.122. The van der Waals surface area contributed by atoms with Crippen LogP contribution in [0.4, 0.5) is 0 Å². The maximum absolute atomic E-state index is 11.2. The quantitative estimate of drug-likeness (QED) is 0.901. The first-order chi connectivity index (χ1) is 8.97. The van der Waals surface area contributed by atoms with Crippen LogP contribution in [-0.2, 0) is 0 Å². The minimum atomic E-state index is -1.03. The van der Waals surface area contributed by atoms with Crippen molar-refractivity contribution in [1.29, 1.82) is 0 Å². The SMILES string of the molecule is Cc1ccc(Oc2ccc(C)cc2C(=O)O)c(Cl)c1. The highest BCUT2D eigenvalue weighted by Gasteiger charge is 2.13. The molecule has 0 atom stereocenters. The molecule has 3 nitrogen and oxygen atoms in total. The molecule has 0 heterocycles. The molecule has 19 heavy (non-hydrogen) atoms. The molecule has 0 aromatic heterocycles. The van der Waals surface area contributed by atoms with E-state index in [1.807, 2.05) is 19.9 Å². The number of aromatic carboxylic acids is 1. The molecule has 2 aromatic rings. The lowest BCUT2D eigenvalue weighted by molar-refractivity contribution is 0.0694. The number of carboxylic acid groups (broad SMARTS) is 1. The Morgan fingerprint density at radius 1 is 1.05 bits per heavy atom. The molecule has 2 rings (SSSR count). The standard InChI is InChI=1S/C15H13ClO3/c1-9-3-5-13(11(7-9)15(17)18)19-14-6-4-10(2)8-12(14)16/h3-8H,1-2H3,(H,17,18). The molecule has 0 radical (unpaired) electrons. The molecular weight excluding hydrogens is 264 g/mol. The van der Waals surface area contributed by atoms with Crippen molar-refractivity contribution in [3.8, 4) is 11.5 Å². The van der Waals surface area contributed by atoms with E-state index < -0.39 is 5.97 Å². The molecule has 0 fully saturated rings. The van der Waals surface area contributed by atoms with Gasteiger partial charge in [-0.3, -0.25) is 0 Å². The molecule has 1 N–H and O–H groups in total. The van der Waals surface area contributed by atoms with Crippen LogP contribution in [0.15, 0.2) is 36.4 Å². The van der Waals surface area contributed by atoms with Crippen LogP contribution in [0.1, 0.15) is 21.5 Å². The van der Waals surface area contributed by atoms with Crippen LogP contribution in [0.3, 0.4) is 0 Å². The first-order valence-electron chi connectivity index (χ1n) is 5.75. The van der Waals surface area contributed by atoms with Crippen molar-refractivity contribution in [3.63, 3.8) is 0 Å². The van der Waals surface area contributed by atoms with Crippen LogP contribution >= 0.6 is 11.6 Å². The lowest BCUT2D eigenvalue weighted by atomic mass is 10.1. The van der Waals surface area contributed by atoms with Crippen LogP contribution < -0.4 is 4.74 Å². The Hall–Kier alpha value is -2.00. The molecule has 0 unspecified atom stereocenters. The molecule has 4 heteroatoms. The molecule has 0 saturated heterocycles. The Morgan fingerprint density at radius 2 is 1.63 bits per heavy atom. The fourth-order valence-corrected chi connectivity index (χ4v) is 1.98. The van der Waals surface area contributed by atoms with E-state index in [4.69, 9.17) is 21.4 Å². The predicted octanol–water partition coefficient (Wildman–Crippen LogP) is 4.45. The number of carboxylic acids is 1. The van der Waals surface area contributed by atoms with Crippen molar-refractivity contribution in [1.82, 2.24) is 0 Å². The van der Waals surface area contributed by atoms with E-state index in [9.17, 15) is 4.79 Å². The Balaban J connectivity index is 2.40. The fraction of sp³-hybridized carbons (Fsp3) is 0.133. The van der Waals surface area contributed by atoms with Crippen molar-refractivity contribution in [2.45, 2.75) is 13.8 Å². The lowest BCUT2D eigenvalue weighted by Crippen LogP contribution is -2.00. The van der Waals surface area contributed by atoms with Crippen molar-refractivity contribution < 1.29 is 14.6 Å². The van der Waals surface area contributed by atoms with Gasteiger partial charge >= 0.3 is 5.97 Å². The summed E-state index contributed by atoms with van der Waals surface area (Å²) in [5.41, 5.74) is 2.00. The highest BCUT2D eigenvalue weighted by Crippen LogP contribution is 2.32. The number of carbonyl (C=O) groups is 1. The van der Waals surface area contributed by atoms with Crippen molar-refractivity contribution in [3.05, 3.63) is 58.1 Å². The number of halogens is 1. The van der Waals surface area contributed by atoms with Crippen molar-refractivity contribution in [2.75, 3.05) is 0 Å². The molecule has 0 saturated carbocycles. The van der Waals surface area contributed by atoms with Gasteiger partial charge in [0.15, 0.2) is 0 Å². The molecule has 0 aliphatic carbocycles. The van der Waals surface area contributed by atoms with Gasteiger partial charge in [-0.05, 0) is 43.7 Å². The van der Waals surface area contributed by atoms with Gasteiger partial charge in [0.1, 0.15) is 17.1 Å². The summed E-state index contributed by atoms with van der Waals surface area (Å²) in [6.07, 6.45) is 0. The molecule has 2 aromatic carbocycles. The van der Waals surface area contributed by atoms with Gasteiger partial charge in [0.05, 0.1) is 5.02 Å². The zero-order chi connectivity index (χ0) is 14.0. The molecule has 0 amide bonds. The predicted molar refractivity (Wildman–Crippen MR) is 74.4 cm³/mol. The third-order valence-corrected chi connectivity index (χ3v) is 2.97. The Morgan fingerprint density at radius 3 is 2.21 bits per heavy atom. The summed E-state index contributed by atoms with van der Waals surface area (Å²) in [6, 6.07) is 10.4. The van der Waals surface area contributed by atoms with E-state index in [-0.39, 0.29) is 11.3 Å². The van der Waals surface area contributed by atoms with E-state index in [2.05, 4.69) is 0 Å². The van der Waals surface area contributed by atoms with Gasteiger partial charge in [-0.2, -0.15) is 0 Å². The summed E-state index contributed by atoms with van der Waals surface area (Å²) in [5.74, 6) is -0.301. The average molecular weight is 277 g/mol. The molecule has 0 bridgehead atoms. The molecule has 0 spiro atoms. The van der Waals surface area contributed by atoms with Crippen LogP contribution in [0.25, 0.3) is 0 Å². The van der Waals surface area contributed by atoms with Crippen LogP contribution in [0, 0.1) is 13.8 Å². The summed E-state index contributed by atoms with van der Waals surface area (Å²) < 4.78 is 5.60. The summed E-state index contributed by atoms with van der Waals surface area (Å²) in [4.78, 5) is 11.2. The number of ether oxygens (including phenoxy) is 1. The number of aryl methyl sites for hydroxylation is 2. The van der Waals surface area contributed by atoms with Gasteiger partial charge in [0.2, 0.25) is 0 Å². The lowest BCUT2D eigenvalue weighted by Gasteiger charge is -2.11. The van der Waals surface area contributed by atoms with E-state index in [0.717, 1.165) is 11.1 Å². The number of hydrogen-bond donors (Lipinski definition) is 1. The Kier molecular flexibility index (Phi) is 3.76. The molecular formula is C15H13ClO3. The zero-order valence-corrected chi connectivity index (χ0v) is 11.4. The van der Waals surface area contributed by atoms with Gasteiger partial charge in [0, 0.05) is 0 Å². The van der Waals surface area contributed by atoms with Crippen LogP contribution in [0.5, 0.6) is 11.5 Å². The van der Waals surface area contributed by atoms with E-state index >= 15 is 0 Å². The maximum atomic E-state index is 11.2. The molecule has 98 valence electrons. The van der Waals surface area contributed by atoms with Crippen molar-refractivity contribution >= 4 is 17.6 Å². The van der Waals surface area contributed by atoms with E-state index in [1.54, 1.807) is 30.3 Å². The largest absolute Gasteiger partial charge is 0.478 e. The number of benzene rings is 2. The van der Waals surface area contributed by atoms with Gasteiger partial charge < -0.3 is 9.84 Å². The van der Waals surface area contributed by atoms with Crippen molar-refractivity contribution in [2.24, 2.45) is 0 Å². The van der Waals surface area contributed by atoms with Gasteiger partial charge in [-0.1, -0.05) is 29.3 Å². The fourth-order valence-electron chi connectivity index (χ4n) is 1.71. The summed E-state index contributed by atoms with van der Waals surface area (Å²) >= 11 is 6.07. The Bertz CT molecular complexity index is 635. The highest BCUT2D eigenvalue weighted by atomic mass is 35.5. The second kappa shape index (κ2) is 5.33. The number of hydrogen-bond acceptors (Lipinski definition) is 2. The van der Waals surface area contributed by atoms with Crippen LogP contribution in [-0.4, -0.2) is 11.1 Å². The number of rotatable bonds is 3. The van der Waals surface area contributed by atoms with E-state index in [0.29, 0.717) is 10.8 Å². The van der Waals surface area contributed by atoms with E-state index in [1.165, 1.54) is 0 Å². The minimum Gasteiger partial charge on any atom is -0.478 e. The Labute approximate surface area is 116 Å². The monoisotopic (exact) mass is 276 g/mol. The summed E-state index contributed by atoms with van der Waals surface area (Å²) in [7, 11) is 0. The second-order valence-corrected chi connectivity index (χ2v) is 4.75. The first-order valence-corrected chi connectivity index (χ1v) is 6.13. The van der Waals surface area contributed by atoms with Gasteiger partial charge in [0.25, 0.3) is 0 Å². The van der Waals surface area contributed by atoms with Crippen LogP contribution in [0.2, 0.25) is 5.02 Å². The summed E-state index contributed by atoms with van der Waals surface area (Å²) in [6.45, 7) is 3.75. The third-order valence-electron chi connectivity index (χ3n) is 2.67. The zero-order valence-electron chi connectivity index (χ0n) is 10.6. The highest BCUT2D eigenvalue weighted by molar-refractivity contribution is 6.32. The summed E-state index contributed by atoms with van der Waals surface area (Å²) in [5, 5.41) is 9.62. The van der Waals surface area contributed by atoms with Gasteiger partial charge in [-0.15, -0.1) is 0 Å². The smallest absolute Gasteiger partial charge is 0.339 e. The topological polar surface area (TPSA) is 46.5 Å². The third kappa shape index (κ3) is 3.06. The van der Waals surface area contributed by atoms with Gasteiger partial charge in [-0.25, -0.2) is 4.79 Å². The second-order valence-electron chi connectivity index (χ2n) is 4.34. The molecule has 0 aliphatic heterocycles.